The van der Waals surface area contributed by atoms with Gasteiger partial charge in [0.1, 0.15) is 11.4 Å². The number of alkyl halides is 6. The molecule has 0 saturated carbocycles. The van der Waals surface area contributed by atoms with E-state index in [1.54, 1.807) is 29.0 Å². The summed E-state index contributed by atoms with van der Waals surface area (Å²) in [4.78, 5) is 37.7. The summed E-state index contributed by atoms with van der Waals surface area (Å²) < 4.78 is 85.4. The number of amides is 2. The summed E-state index contributed by atoms with van der Waals surface area (Å²) in [5.41, 5.74) is 2.97. The molecule has 1 aromatic heterocycles. The van der Waals surface area contributed by atoms with E-state index < -0.39 is 42.3 Å². The van der Waals surface area contributed by atoms with Gasteiger partial charge in [-0.1, -0.05) is 36.4 Å². The van der Waals surface area contributed by atoms with Crippen LogP contribution in [0, 0.1) is 0 Å². The third kappa shape index (κ3) is 7.85. The number of esters is 1. The van der Waals surface area contributed by atoms with Crippen molar-refractivity contribution in [2.45, 2.75) is 31.5 Å². The van der Waals surface area contributed by atoms with E-state index in [9.17, 15) is 40.7 Å². The summed E-state index contributed by atoms with van der Waals surface area (Å²) in [6.07, 6.45) is -10.2. The molecular weight excluding hydrogens is 586 g/mol. The van der Waals surface area contributed by atoms with Gasteiger partial charge in [0.15, 0.2) is 0 Å². The zero-order valence-electron chi connectivity index (χ0n) is 22.8. The molecule has 1 atom stereocenters. The van der Waals surface area contributed by atoms with Gasteiger partial charge in [0.05, 0.1) is 6.04 Å². The van der Waals surface area contributed by atoms with Crippen LogP contribution in [-0.4, -0.2) is 67.2 Å². The highest BCUT2D eigenvalue weighted by molar-refractivity contribution is 6.05. The Morgan fingerprint density at radius 3 is 2.37 bits per heavy atom. The van der Waals surface area contributed by atoms with Crippen LogP contribution in [0.15, 0.2) is 54.7 Å². The van der Waals surface area contributed by atoms with Crippen LogP contribution in [0.4, 0.5) is 31.1 Å². The van der Waals surface area contributed by atoms with Gasteiger partial charge in [-0.3, -0.25) is 4.79 Å². The monoisotopic (exact) mass is 612 g/mol. The normalized spacial score (nSPS) is 15.1. The predicted octanol–water partition coefficient (Wildman–Crippen LogP) is 5.27. The van der Waals surface area contributed by atoms with Crippen molar-refractivity contribution in [3.8, 4) is 28.0 Å². The minimum absolute atomic E-state index is 0.0800. The fraction of sp³-hybridized carbons (Fsp3) is 0.321. The molecule has 1 aliphatic rings. The minimum atomic E-state index is -5.34. The zero-order valence-corrected chi connectivity index (χ0v) is 22.8. The Bertz CT molecular complexity index is 1500. The summed E-state index contributed by atoms with van der Waals surface area (Å²) in [6, 6.07) is 12.1. The lowest BCUT2D eigenvalue weighted by Gasteiger charge is -2.27. The van der Waals surface area contributed by atoms with E-state index in [-0.39, 0.29) is 25.2 Å². The van der Waals surface area contributed by atoms with Crippen LogP contribution in [0.1, 0.15) is 28.5 Å². The first-order valence-electron chi connectivity index (χ1n) is 12.8. The quantitative estimate of drug-likeness (QED) is 0.204. The number of carbonyl (C=O) groups excluding carboxylic acids is 3. The van der Waals surface area contributed by atoms with E-state index in [1.807, 2.05) is 31.1 Å². The predicted molar refractivity (Wildman–Crippen MR) is 141 cm³/mol. The molecule has 0 saturated heterocycles. The number of ether oxygens (including phenoxy) is 2. The number of hydrogen-bond donors (Lipinski definition) is 2. The second kappa shape index (κ2) is 12.4. The molecule has 2 amide bonds. The third-order valence-corrected chi connectivity index (χ3v) is 6.42. The van der Waals surface area contributed by atoms with Crippen LogP contribution < -0.4 is 15.4 Å². The molecule has 15 heteroatoms. The number of alkyl carbamates (subject to hydrolysis) is 1. The maximum atomic E-state index is 13.2. The number of nitrogens with zero attached hydrogens (tertiary/aromatic N) is 2. The van der Waals surface area contributed by atoms with Crippen molar-refractivity contribution in [1.29, 1.82) is 0 Å². The Morgan fingerprint density at radius 1 is 1.05 bits per heavy atom. The molecule has 2 aromatic carbocycles. The van der Waals surface area contributed by atoms with Crippen molar-refractivity contribution in [3.05, 3.63) is 66.0 Å². The molecule has 9 nitrogen and oxygen atoms in total. The van der Waals surface area contributed by atoms with Crippen molar-refractivity contribution < 1.29 is 50.2 Å². The first-order valence-corrected chi connectivity index (χ1v) is 12.8. The fourth-order valence-electron chi connectivity index (χ4n) is 4.71. The number of benzene rings is 2. The van der Waals surface area contributed by atoms with E-state index >= 15 is 0 Å². The molecule has 0 unspecified atom stereocenters. The molecule has 230 valence electrons. The molecule has 2 heterocycles. The Labute approximate surface area is 241 Å². The Morgan fingerprint density at radius 2 is 1.74 bits per heavy atom. The van der Waals surface area contributed by atoms with E-state index in [2.05, 4.69) is 20.1 Å². The van der Waals surface area contributed by atoms with Gasteiger partial charge in [-0.2, -0.15) is 13.2 Å². The molecule has 3 aromatic rings. The molecular formula is C28H26F6N4O5. The van der Waals surface area contributed by atoms with Crippen molar-refractivity contribution in [2.24, 2.45) is 0 Å². The van der Waals surface area contributed by atoms with Crippen LogP contribution in [-0.2, 0) is 16.1 Å². The highest BCUT2D eigenvalue weighted by Gasteiger charge is 2.42. The number of aromatic nitrogens is 1. The zero-order chi connectivity index (χ0) is 31.5. The van der Waals surface area contributed by atoms with Crippen molar-refractivity contribution >= 4 is 18.0 Å². The summed E-state index contributed by atoms with van der Waals surface area (Å²) in [5.74, 6) is -3.58. The molecule has 43 heavy (non-hydrogen) atoms. The summed E-state index contributed by atoms with van der Waals surface area (Å²) in [5, 5.41) is 4.82. The smallest absolute Gasteiger partial charge is 0.406 e. The number of halogens is 6. The number of rotatable bonds is 8. The SMILES string of the molecule is CN(C)Cc1ccc(-c2c(-c3cccc(OC(F)(F)F)c3)cn3c2C(=O)NC[C@@H]3CCNC(=O)OC(=O)C(F)(F)F)cc1. The third-order valence-electron chi connectivity index (χ3n) is 6.42. The first-order chi connectivity index (χ1) is 20.1. The van der Waals surface area contributed by atoms with E-state index in [1.165, 1.54) is 12.1 Å². The van der Waals surface area contributed by atoms with Gasteiger partial charge in [0, 0.05) is 37.0 Å². The van der Waals surface area contributed by atoms with Crippen molar-refractivity contribution in [1.82, 2.24) is 20.1 Å². The number of carbonyl (C=O) groups is 3. The lowest BCUT2D eigenvalue weighted by molar-refractivity contribution is -0.274. The van der Waals surface area contributed by atoms with Gasteiger partial charge in [0.2, 0.25) is 0 Å². The first kappa shape index (κ1) is 31.4. The largest absolute Gasteiger partial charge is 0.573 e. The van der Waals surface area contributed by atoms with E-state index in [4.69, 9.17) is 0 Å². The van der Waals surface area contributed by atoms with Crippen molar-refractivity contribution in [2.75, 3.05) is 27.2 Å². The Kier molecular flexibility index (Phi) is 9.04. The van der Waals surface area contributed by atoms with Crippen LogP contribution in [0.25, 0.3) is 22.3 Å². The fourth-order valence-corrected chi connectivity index (χ4v) is 4.71. The van der Waals surface area contributed by atoms with Crippen LogP contribution in [0.5, 0.6) is 5.75 Å². The second-order valence-electron chi connectivity index (χ2n) is 9.94. The molecule has 1 aliphatic heterocycles. The Hall–Kier alpha value is -4.53. The molecule has 0 radical (unpaired) electrons. The van der Waals surface area contributed by atoms with Crippen LogP contribution in [0.3, 0.4) is 0 Å². The number of hydrogen-bond acceptors (Lipinski definition) is 6. The van der Waals surface area contributed by atoms with E-state index in [0.29, 0.717) is 28.8 Å². The van der Waals surface area contributed by atoms with Crippen LogP contribution >= 0.6 is 0 Å². The lowest BCUT2D eigenvalue weighted by atomic mass is 9.95. The average Bonchev–Trinajstić information content (AvgIpc) is 3.30. The molecule has 2 N–H and O–H groups in total. The molecule has 4 rings (SSSR count). The maximum Gasteiger partial charge on any atom is 0.573 e. The van der Waals surface area contributed by atoms with Gasteiger partial charge in [-0.25, -0.2) is 9.59 Å². The molecule has 0 bridgehead atoms. The topological polar surface area (TPSA) is 102 Å². The van der Waals surface area contributed by atoms with Gasteiger partial charge >= 0.3 is 24.6 Å². The standard InChI is InChI=1S/C28H26F6N4O5/c1-37(2)14-16-6-8-17(9-7-16)22-21(18-4-3-5-20(12-18)43-28(32,33)34)15-38-19(13-36-24(39)23(22)38)10-11-35-26(41)42-25(40)27(29,30)31/h3-9,12,15,19H,10-11,13-14H2,1-2H3,(H,35,41)(H,36,39)/t19-/m0/s1. The van der Waals surface area contributed by atoms with Gasteiger partial charge in [0.25, 0.3) is 5.91 Å². The average molecular weight is 613 g/mol. The van der Waals surface area contributed by atoms with Crippen LogP contribution in [0.2, 0.25) is 0 Å². The highest BCUT2D eigenvalue weighted by atomic mass is 19.4. The molecule has 0 spiro atoms. The van der Waals surface area contributed by atoms with Gasteiger partial charge in [-0.05, 0) is 49.3 Å². The van der Waals surface area contributed by atoms with Crippen molar-refractivity contribution in [3.63, 3.8) is 0 Å². The Balaban J connectivity index is 1.70. The lowest BCUT2D eigenvalue weighted by Crippen LogP contribution is -2.40. The van der Waals surface area contributed by atoms with Gasteiger partial charge < -0.3 is 29.6 Å². The molecule has 0 fully saturated rings. The summed E-state index contributed by atoms with van der Waals surface area (Å²) in [7, 11) is 3.80. The summed E-state index contributed by atoms with van der Waals surface area (Å²) >= 11 is 0. The van der Waals surface area contributed by atoms with Gasteiger partial charge in [-0.15, -0.1) is 13.2 Å². The highest BCUT2D eigenvalue weighted by Crippen LogP contribution is 2.41. The number of nitrogens with one attached hydrogen (secondary N) is 2. The maximum absolute atomic E-state index is 13.2. The minimum Gasteiger partial charge on any atom is -0.406 e. The number of fused-ring (bicyclic) bond motifs is 1. The van der Waals surface area contributed by atoms with E-state index in [0.717, 1.165) is 11.6 Å². The molecule has 0 aliphatic carbocycles. The second-order valence-corrected chi connectivity index (χ2v) is 9.94. The summed E-state index contributed by atoms with van der Waals surface area (Å²) in [6.45, 7) is 0.502.